The fraction of sp³-hybridized carbons (Fsp3) is 0.154. The third kappa shape index (κ3) is 2.24. The molecule has 0 aliphatic heterocycles. The number of aromatic nitrogens is 4. The van der Waals surface area contributed by atoms with E-state index in [1.807, 2.05) is 28.8 Å². The highest BCUT2D eigenvalue weighted by Crippen LogP contribution is 2.16. The summed E-state index contributed by atoms with van der Waals surface area (Å²) < 4.78 is 1.95. The molecule has 0 saturated heterocycles. The van der Waals surface area contributed by atoms with Gasteiger partial charge in [-0.05, 0) is 11.1 Å². The van der Waals surface area contributed by atoms with Gasteiger partial charge < -0.3 is 10.3 Å². The number of nitrogens with two attached hydrogens (primary N) is 1. The molecule has 3 aromatic rings. The topological polar surface area (TPSA) is 69.6 Å². The maximum atomic E-state index is 5.77. The molecule has 0 spiro atoms. The Morgan fingerprint density at radius 3 is 2.53 bits per heavy atom. The lowest BCUT2D eigenvalue weighted by molar-refractivity contribution is 0.813. The predicted octanol–water partition coefficient (Wildman–Crippen LogP) is 2.20. The van der Waals surface area contributed by atoms with Gasteiger partial charge in [0.05, 0.1) is 12.9 Å². The highest BCUT2D eigenvalue weighted by Gasteiger charge is 2.07. The van der Waals surface area contributed by atoms with Crippen LogP contribution in [0.3, 0.4) is 0 Å². The van der Waals surface area contributed by atoms with Crippen molar-refractivity contribution < 1.29 is 0 Å². The van der Waals surface area contributed by atoms with Crippen molar-refractivity contribution >= 4 is 28.6 Å². The second kappa shape index (κ2) is 4.85. The minimum Gasteiger partial charge on any atom is -0.382 e. The van der Waals surface area contributed by atoms with E-state index in [1.54, 1.807) is 6.33 Å². The second-order valence-electron chi connectivity index (χ2n) is 4.25. The fourth-order valence-electron chi connectivity index (χ4n) is 1.94. The van der Waals surface area contributed by atoms with Gasteiger partial charge in [0.15, 0.2) is 11.5 Å². The van der Waals surface area contributed by atoms with Crippen LogP contribution >= 0.6 is 11.6 Å². The van der Waals surface area contributed by atoms with E-state index in [4.69, 9.17) is 17.3 Å². The number of imidazole rings is 1. The highest BCUT2D eigenvalue weighted by atomic mass is 35.5. The summed E-state index contributed by atoms with van der Waals surface area (Å²) in [5.74, 6) is 0.930. The molecule has 0 saturated carbocycles. The van der Waals surface area contributed by atoms with Crippen molar-refractivity contribution in [2.24, 2.45) is 0 Å². The van der Waals surface area contributed by atoms with Crippen molar-refractivity contribution in [3.63, 3.8) is 0 Å². The van der Waals surface area contributed by atoms with Crippen LogP contribution < -0.4 is 5.73 Å². The van der Waals surface area contributed by atoms with Crippen molar-refractivity contribution in [2.45, 2.75) is 12.4 Å². The third-order valence-electron chi connectivity index (χ3n) is 2.96. The van der Waals surface area contributed by atoms with Crippen LogP contribution in [0.15, 0.2) is 36.9 Å². The zero-order valence-electron chi connectivity index (χ0n) is 10.1. The molecule has 3 rings (SSSR count). The molecule has 96 valence electrons. The largest absolute Gasteiger partial charge is 0.382 e. The lowest BCUT2D eigenvalue weighted by Gasteiger charge is -2.04. The lowest BCUT2D eigenvalue weighted by atomic mass is 10.1. The van der Waals surface area contributed by atoms with Gasteiger partial charge in [0.1, 0.15) is 11.8 Å². The molecule has 19 heavy (non-hydrogen) atoms. The van der Waals surface area contributed by atoms with Gasteiger partial charge in [0.2, 0.25) is 0 Å². The van der Waals surface area contributed by atoms with Gasteiger partial charge >= 0.3 is 0 Å². The Balaban J connectivity index is 1.94. The van der Waals surface area contributed by atoms with E-state index in [0.29, 0.717) is 23.8 Å². The quantitative estimate of drug-likeness (QED) is 0.743. The van der Waals surface area contributed by atoms with Crippen molar-refractivity contribution in [1.82, 2.24) is 19.5 Å². The molecule has 2 heterocycles. The van der Waals surface area contributed by atoms with Crippen LogP contribution in [0.4, 0.5) is 5.82 Å². The maximum absolute atomic E-state index is 5.77. The number of alkyl halides is 1. The number of halogens is 1. The van der Waals surface area contributed by atoms with Crippen LogP contribution in [0.5, 0.6) is 0 Å². The number of benzene rings is 1. The molecule has 2 N–H and O–H groups in total. The molecule has 0 atom stereocenters. The monoisotopic (exact) mass is 273 g/mol. The number of nitrogen functional groups attached to an aromatic ring is 1. The fourth-order valence-corrected chi connectivity index (χ4v) is 2.12. The molecule has 0 bridgehead atoms. The Bertz CT molecular complexity index is 705. The average molecular weight is 274 g/mol. The van der Waals surface area contributed by atoms with E-state index in [2.05, 4.69) is 15.0 Å². The molecular formula is C13H12ClN5. The van der Waals surface area contributed by atoms with Crippen molar-refractivity contribution in [3.8, 4) is 0 Å². The summed E-state index contributed by atoms with van der Waals surface area (Å²) in [7, 11) is 0. The summed E-state index contributed by atoms with van der Waals surface area (Å²) >= 11 is 5.77. The summed E-state index contributed by atoms with van der Waals surface area (Å²) in [4.78, 5) is 12.4. The van der Waals surface area contributed by atoms with E-state index < -0.39 is 0 Å². The molecule has 5 nitrogen and oxygen atoms in total. The van der Waals surface area contributed by atoms with Crippen molar-refractivity contribution in [1.29, 1.82) is 0 Å². The smallest absolute Gasteiger partial charge is 0.165 e. The van der Waals surface area contributed by atoms with Crippen LogP contribution in [0.25, 0.3) is 11.2 Å². The van der Waals surface area contributed by atoms with Crippen LogP contribution in [-0.2, 0) is 12.4 Å². The minimum absolute atomic E-state index is 0.404. The van der Waals surface area contributed by atoms with Gasteiger partial charge in [-0.2, -0.15) is 0 Å². The second-order valence-corrected chi connectivity index (χ2v) is 4.52. The zero-order chi connectivity index (χ0) is 13.2. The standard InChI is InChI=1S/C13H12ClN5/c14-5-9-1-3-10(4-2-9)6-19-8-18-11-12(15)16-7-17-13(11)19/h1-4,7-8H,5-6H2,(H2,15,16,17). The van der Waals surface area contributed by atoms with Crippen molar-refractivity contribution in [2.75, 3.05) is 5.73 Å². The molecule has 0 aliphatic rings. The minimum atomic E-state index is 0.404. The van der Waals surface area contributed by atoms with Gasteiger partial charge in [-0.25, -0.2) is 15.0 Å². The third-order valence-corrected chi connectivity index (χ3v) is 3.27. The van der Waals surface area contributed by atoms with E-state index in [-0.39, 0.29) is 0 Å². The molecule has 1 aromatic carbocycles. The van der Waals surface area contributed by atoms with E-state index in [9.17, 15) is 0 Å². The van der Waals surface area contributed by atoms with Gasteiger partial charge in [-0.1, -0.05) is 24.3 Å². The van der Waals surface area contributed by atoms with E-state index in [0.717, 1.165) is 16.8 Å². The molecular weight excluding hydrogens is 262 g/mol. The summed E-state index contributed by atoms with van der Waals surface area (Å²) in [5, 5.41) is 0. The van der Waals surface area contributed by atoms with Crippen molar-refractivity contribution in [3.05, 3.63) is 48.0 Å². The maximum Gasteiger partial charge on any atom is 0.165 e. The molecule has 0 amide bonds. The first-order chi connectivity index (χ1) is 9.28. The summed E-state index contributed by atoms with van der Waals surface area (Å²) in [6, 6.07) is 8.14. The Kier molecular flexibility index (Phi) is 3.05. The zero-order valence-corrected chi connectivity index (χ0v) is 10.9. The molecule has 0 aliphatic carbocycles. The van der Waals surface area contributed by atoms with Crippen LogP contribution in [0, 0.1) is 0 Å². The molecule has 0 unspecified atom stereocenters. The number of nitrogens with zero attached hydrogens (tertiary/aromatic N) is 4. The summed E-state index contributed by atoms with van der Waals surface area (Å²) in [5.41, 5.74) is 9.40. The first-order valence-corrected chi connectivity index (χ1v) is 6.36. The summed E-state index contributed by atoms with van der Waals surface area (Å²) in [6.45, 7) is 0.690. The number of rotatable bonds is 3. The Labute approximate surface area is 115 Å². The Morgan fingerprint density at radius 2 is 1.79 bits per heavy atom. The van der Waals surface area contributed by atoms with Crippen LogP contribution in [-0.4, -0.2) is 19.5 Å². The molecule has 0 radical (unpaired) electrons. The van der Waals surface area contributed by atoms with Gasteiger partial charge in [-0.15, -0.1) is 11.6 Å². The average Bonchev–Trinajstić information content (AvgIpc) is 2.84. The Morgan fingerprint density at radius 1 is 1.05 bits per heavy atom. The van der Waals surface area contributed by atoms with Gasteiger partial charge in [0.25, 0.3) is 0 Å². The predicted molar refractivity (Wildman–Crippen MR) is 74.8 cm³/mol. The number of anilines is 1. The normalized spacial score (nSPS) is 11.0. The SMILES string of the molecule is Nc1ncnc2c1ncn2Cc1ccc(CCl)cc1. The summed E-state index contributed by atoms with van der Waals surface area (Å²) in [6.07, 6.45) is 3.18. The molecule has 0 fully saturated rings. The van der Waals surface area contributed by atoms with E-state index >= 15 is 0 Å². The van der Waals surface area contributed by atoms with Crippen LogP contribution in [0.1, 0.15) is 11.1 Å². The molecule has 6 heteroatoms. The van der Waals surface area contributed by atoms with Gasteiger partial charge in [-0.3, -0.25) is 0 Å². The highest BCUT2D eigenvalue weighted by molar-refractivity contribution is 6.17. The Hall–Kier alpha value is -2.14. The van der Waals surface area contributed by atoms with Gasteiger partial charge in [0, 0.05) is 5.88 Å². The number of hydrogen-bond acceptors (Lipinski definition) is 4. The number of hydrogen-bond donors (Lipinski definition) is 1. The lowest BCUT2D eigenvalue weighted by Crippen LogP contribution is -2.00. The first-order valence-electron chi connectivity index (χ1n) is 5.83. The van der Waals surface area contributed by atoms with Crippen LogP contribution in [0.2, 0.25) is 0 Å². The molecule has 2 aromatic heterocycles. The number of fused-ring (bicyclic) bond motifs is 1. The van der Waals surface area contributed by atoms with E-state index in [1.165, 1.54) is 6.33 Å². The first kappa shape index (κ1) is 11.9.